The Labute approximate surface area is 153 Å². The van der Waals surface area contributed by atoms with Gasteiger partial charge in [-0.1, -0.05) is 54.1 Å². The highest BCUT2D eigenvalue weighted by atomic mass is 32.2. The van der Waals surface area contributed by atoms with Crippen LogP contribution < -0.4 is 4.31 Å². The maximum absolute atomic E-state index is 14.2. The van der Waals surface area contributed by atoms with Crippen LogP contribution in [0.5, 0.6) is 0 Å². The van der Waals surface area contributed by atoms with Crippen LogP contribution in [0.3, 0.4) is 0 Å². The highest BCUT2D eigenvalue weighted by Crippen LogP contribution is 2.29. The van der Waals surface area contributed by atoms with E-state index in [1.807, 2.05) is 26.0 Å². The first kappa shape index (κ1) is 18.1. The Kier molecular flexibility index (Phi) is 5.09. The van der Waals surface area contributed by atoms with Gasteiger partial charge in [0.05, 0.1) is 17.1 Å². The molecule has 3 aromatic carbocycles. The van der Waals surface area contributed by atoms with Crippen molar-refractivity contribution in [2.45, 2.75) is 25.3 Å². The third-order valence-corrected chi connectivity index (χ3v) is 6.00. The highest BCUT2D eigenvalue weighted by molar-refractivity contribution is 7.92. The number of benzene rings is 3. The first-order valence-corrected chi connectivity index (χ1v) is 9.72. The zero-order valence-corrected chi connectivity index (χ0v) is 15.5. The number of anilines is 1. The van der Waals surface area contributed by atoms with Crippen LogP contribution in [0.4, 0.5) is 10.1 Å². The van der Waals surface area contributed by atoms with E-state index < -0.39 is 15.8 Å². The van der Waals surface area contributed by atoms with Crippen LogP contribution in [0.2, 0.25) is 0 Å². The maximum Gasteiger partial charge on any atom is 0.264 e. The molecule has 134 valence electrons. The summed E-state index contributed by atoms with van der Waals surface area (Å²) in [6.07, 6.45) is 0. The molecule has 0 aliphatic carbocycles. The molecule has 0 atom stereocenters. The molecular weight excluding hydrogens is 349 g/mol. The van der Waals surface area contributed by atoms with Crippen molar-refractivity contribution in [3.8, 4) is 0 Å². The van der Waals surface area contributed by atoms with E-state index in [-0.39, 0.29) is 11.4 Å². The van der Waals surface area contributed by atoms with E-state index in [9.17, 15) is 12.8 Å². The van der Waals surface area contributed by atoms with E-state index in [1.54, 1.807) is 54.6 Å². The fraction of sp³-hybridized carbons (Fsp3) is 0.143. The predicted octanol–water partition coefficient (Wildman–Crippen LogP) is 4.84. The minimum atomic E-state index is -3.84. The molecule has 3 nitrogen and oxygen atoms in total. The fourth-order valence-electron chi connectivity index (χ4n) is 2.89. The average Bonchev–Trinajstić information content (AvgIpc) is 2.62. The molecule has 0 fully saturated rings. The van der Waals surface area contributed by atoms with Gasteiger partial charge in [-0.3, -0.25) is 4.31 Å². The number of rotatable bonds is 5. The lowest BCUT2D eigenvalue weighted by Crippen LogP contribution is -2.31. The molecule has 0 amide bonds. The zero-order chi connectivity index (χ0) is 18.7. The monoisotopic (exact) mass is 369 g/mol. The van der Waals surface area contributed by atoms with Gasteiger partial charge in [-0.05, 0) is 43.7 Å². The summed E-state index contributed by atoms with van der Waals surface area (Å²) in [5.74, 6) is -0.425. The van der Waals surface area contributed by atoms with Crippen molar-refractivity contribution in [3.63, 3.8) is 0 Å². The van der Waals surface area contributed by atoms with Gasteiger partial charge < -0.3 is 0 Å². The molecule has 5 heteroatoms. The summed E-state index contributed by atoms with van der Waals surface area (Å²) in [5, 5.41) is 0. The van der Waals surface area contributed by atoms with Gasteiger partial charge in [-0.2, -0.15) is 0 Å². The number of hydrogen-bond acceptors (Lipinski definition) is 2. The van der Waals surface area contributed by atoms with Crippen LogP contribution in [0.15, 0.2) is 77.7 Å². The zero-order valence-electron chi connectivity index (χ0n) is 14.7. The maximum atomic E-state index is 14.2. The summed E-state index contributed by atoms with van der Waals surface area (Å²) in [6.45, 7) is 3.73. The van der Waals surface area contributed by atoms with Crippen molar-refractivity contribution in [2.24, 2.45) is 0 Å². The summed E-state index contributed by atoms with van der Waals surface area (Å²) in [4.78, 5) is 0.177. The van der Waals surface area contributed by atoms with Gasteiger partial charge in [-0.15, -0.1) is 0 Å². The Morgan fingerprint density at radius 2 is 1.54 bits per heavy atom. The predicted molar refractivity (Wildman–Crippen MR) is 102 cm³/mol. The van der Waals surface area contributed by atoms with Crippen molar-refractivity contribution in [2.75, 3.05) is 4.31 Å². The van der Waals surface area contributed by atoms with Crippen molar-refractivity contribution in [1.29, 1.82) is 0 Å². The number of aryl methyl sites for hydroxylation is 2. The minimum Gasteiger partial charge on any atom is -0.262 e. The van der Waals surface area contributed by atoms with E-state index >= 15 is 0 Å². The van der Waals surface area contributed by atoms with Gasteiger partial charge in [0.15, 0.2) is 0 Å². The van der Waals surface area contributed by atoms with Gasteiger partial charge in [0.25, 0.3) is 10.0 Å². The Hall–Kier alpha value is -2.66. The molecule has 3 rings (SSSR count). The Morgan fingerprint density at radius 3 is 2.19 bits per heavy atom. The molecule has 0 unspecified atom stereocenters. The van der Waals surface area contributed by atoms with Crippen LogP contribution in [0.1, 0.15) is 16.7 Å². The van der Waals surface area contributed by atoms with Crippen LogP contribution >= 0.6 is 0 Å². The van der Waals surface area contributed by atoms with E-state index in [1.165, 1.54) is 10.4 Å². The SMILES string of the molecule is Cc1ccc(N(Cc2ccccc2F)S(=O)(=O)c2ccccc2)c(C)c1. The van der Waals surface area contributed by atoms with Gasteiger partial charge in [-0.25, -0.2) is 12.8 Å². The average molecular weight is 369 g/mol. The van der Waals surface area contributed by atoms with Crippen molar-refractivity contribution in [3.05, 3.63) is 95.3 Å². The highest BCUT2D eigenvalue weighted by Gasteiger charge is 2.27. The molecule has 0 saturated heterocycles. The molecule has 26 heavy (non-hydrogen) atoms. The Balaban J connectivity index is 2.15. The Bertz CT molecular complexity index is 1020. The van der Waals surface area contributed by atoms with E-state index in [4.69, 9.17) is 0 Å². The normalized spacial score (nSPS) is 11.3. The topological polar surface area (TPSA) is 37.4 Å². The van der Waals surface area contributed by atoms with Crippen molar-refractivity contribution < 1.29 is 12.8 Å². The lowest BCUT2D eigenvalue weighted by Gasteiger charge is -2.26. The lowest BCUT2D eigenvalue weighted by atomic mass is 10.1. The van der Waals surface area contributed by atoms with E-state index in [0.717, 1.165) is 11.1 Å². The molecule has 0 aromatic heterocycles. The summed E-state index contributed by atoms with van der Waals surface area (Å²) in [6, 6.07) is 20.0. The number of halogens is 1. The summed E-state index contributed by atoms with van der Waals surface area (Å²) in [5.41, 5.74) is 2.73. The number of hydrogen-bond donors (Lipinski definition) is 0. The quantitative estimate of drug-likeness (QED) is 0.645. The van der Waals surface area contributed by atoms with Crippen molar-refractivity contribution >= 4 is 15.7 Å². The molecule has 0 saturated carbocycles. The first-order chi connectivity index (χ1) is 12.4. The van der Waals surface area contributed by atoms with Crippen molar-refractivity contribution in [1.82, 2.24) is 0 Å². The second-order valence-corrected chi connectivity index (χ2v) is 8.07. The number of nitrogens with zero attached hydrogens (tertiary/aromatic N) is 1. The largest absolute Gasteiger partial charge is 0.264 e. The first-order valence-electron chi connectivity index (χ1n) is 8.28. The molecule has 0 N–H and O–H groups in total. The minimum absolute atomic E-state index is 0.0756. The molecule has 0 aliphatic heterocycles. The third-order valence-electron chi connectivity index (χ3n) is 4.22. The van der Waals surface area contributed by atoms with Crippen LogP contribution in [0.25, 0.3) is 0 Å². The summed E-state index contributed by atoms with van der Waals surface area (Å²) < 4.78 is 42.1. The van der Waals surface area contributed by atoms with Gasteiger partial charge in [0.2, 0.25) is 0 Å². The van der Waals surface area contributed by atoms with E-state index in [0.29, 0.717) is 11.3 Å². The van der Waals surface area contributed by atoms with Gasteiger partial charge in [0.1, 0.15) is 5.82 Å². The van der Waals surface area contributed by atoms with Crippen LogP contribution in [0, 0.1) is 19.7 Å². The smallest absolute Gasteiger partial charge is 0.262 e. The summed E-state index contributed by atoms with van der Waals surface area (Å²) in [7, 11) is -3.84. The lowest BCUT2D eigenvalue weighted by molar-refractivity contribution is 0.585. The van der Waals surface area contributed by atoms with Gasteiger partial charge in [0, 0.05) is 5.56 Å². The third kappa shape index (κ3) is 3.63. The molecule has 0 bridgehead atoms. The molecule has 0 radical (unpaired) electrons. The van der Waals surface area contributed by atoms with Gasteiger partial charge >= 0.3 is 0 Å². The fourth-order valence-corrected chi connectivity index (χ4v) is 4.41. The summed E-state index contributed by atoms with van der Waals surface area (Å²) >= 11 is 0. The van der Waals surface area contributed by atoms with E-state index in [2.05, 4.69) is 0 Å². The molecule has 0 aliphatic rings. The number of sulfonamides is 1. The molecular formula is C21H20FNO2S. The molecule has 3 aromatic rings. The van der Waals surface area contributed by atoms with Crippen LogP contribution in [-0.2, 0) is 16.6 Å². The standard InChI is InChI=1S/C21H20FNO2S/c1-16-12-13-21(17(2)14-16)23(15-18-8-6-7-11-20(18)22)26(24,25)19-9-4-3-5-10-19/h3-14H,15H2,1-2H3. The molecule has 0 heterocycles. The Morgan fingerprint density at radius 1 is 0.885 bits per heavy atom. The second kappa shape index (κ2) is 7.30. The second-order valence-electron chi connectivity index (χ2n) is 6.21. The van der Waals surface area contributed by atoms with Crippen LogP contribution in [-0.4, -0.2) is 8.42 Å². The molecule has 0 spiro atoms.